The Labute approximate surface area is 121 Å². The van der Waals surface area contributed by atoms with Crippen molar-refractivity contribution in [2.45, 2.75) is 52.6 Å². The van der Waals surface area contributed by atoms with Crippen LogP contribution in [0.25, 0.3) is 0 Å². The van der Waals surface area contributed by atoms with Crippen molar-refractivity contribution in [2.75, 3.05) is 11.9 Å². The van der Waals surface area contributed by atoms with Gasteiger partial charge in [-0.3, -0.25) is 0 Å². The second-order valence-corrected chi connectivity index (χ2v) is 5.19. The number of rotatable bonds is 9. The van der Waals surface area contributed by atoms with E-state index in [1.807, 2.05) is 25.6 Å². The molecule has 110 valence electrons. The maximum absolute atomic E-state index is 4.55. The lowest BCUT2D eigenvalue weighted by Gasteiger charge is -2.09. The molecule has 2 heterocycles. The van der Waals surface area contributed by atoms with Crippen molar-refractivity contribution in [3.8, 4) is 0 Å². The van der Waals surface area contributed by atoms with Crippen LogP contribution in [0.4, 0.5) is 5.95 Å². The number of unbranched alkanes of at least 4 members (excludes halogenated alkanes) is 2. The van der Waals surface area contributed by atoms with Gasteiger partial charge in [-0.1, -0.05) is 13.3 Å². The number of imidazole rings is 2. The fraction of sp³-hybridized carbons (Fsp3) is 0.600. The van der Waals surface area contributed by atoms with Crippen LogP contribution in [0.15, 0.2) is 24.9 Å². The number of nitrogens with zero attached hydrogens (tertiary/aromatic N) is 4. The summed E-state index contributed by atoms with van der Waals surface area (Å²) in [6.07, 6.45) is 12.5. The van der Waals surface area contributed by atoms with Gasteiger partial charge in [0.15, 0.2) is 0 Å². The Hall–Kier alpha value is -1.78. The zero-order valence-corrected chi connectivity index (χ0v) is 12.5. The lowest BCUT2D eigenvalue weighted by molar-refractivity contribution is 0.612. The minimum Gasteiger partial charge on any atom is -0.356 e. The van der Waals surface area contributed by atoms with Crippen molar-refractivity contribution in [3.63, 3.8) is 0 Å². The smallest absolute Gasteiger partial charge is 0.203 e. The van der Waals surface area contributed by atoms with Crippen molar-refractivity contribution in [1.82, 2.24) is 19.1 Å². The highest BCUT2D eigenvalue weighted by Crippen LogP contribution is 2.10. The summed E-state index contributed by atoms with van der Waals surface area (Å²) in [6, 6.07) is 0. The van der Waals surface area contributed by atoms with Gasteiger partial charge in [0, 0.05) is 38.2 Å². The fourth-order valence-corrected chi connectivity index (χ4v) is 2.23. The molecule has 0 saturated heterocycles. The second-order valence-electron chi connectivity index (χ2n) is 5.19. The number of hydrogen-bond donors (Lipinski definition) is 1. The summed E-state index contributed by atoms with van der Waals surface area (Å²) in [6.45, 7) is 7.32. The van der Waals surface area contributed by atoms with Crippen molar-refractivity contribution >= 4 is 5.95 Å². The molecule has 0 radical (unpaired) electrons. The van der Waals surface area contributed by atoms with Crippen molar-refractivity contribution in [3.05, 3.63) is 30.6 Å². The Morgan fingerprint density at radius 2 is 2.10 bits per heavy atom. The average Bonchev–Trinajstić information content (AvgIpc) is 3.06. The van der Waals surface area contributed by atoms with Gasteiger partial charge in [0.1, 0.15) is 0 Å². The first-order valence-corrected chi connectivity index (χ1v) is 7.53. The maximum Gasteiger partial charge on any atom is 0.203 e. The minimum absolute atomic E-state index is 0.970. The molecule has 0 spiro atoms. The zero-order chi connectivity index (χ0) is 14.2. The molecule has 0 aliphatic heterocycles. The molecule has 2 aromatic rings. The third-order valence-electron chi connectivity index (χ3n) is 3.33. The lowest BCUT2D eigenvalue weighted by Crippen LogP contribution is -2.09. The molecule has 0 saturated carbocycles. The molecule has 0 unspecified atom stereocenters. The third kappa shape index (κ3) is 4.40. The standard InChI is InChI=1S/C15H25N5/c1-3-4-10-20-12-14(2)18-15(20)17-7-5-6-9-19-11-8-16-13-19/h8,11-13H,3-7,9-10H2,1-2H3,(H,17,18). The summed E-state index contributed by atoms with van der Waals surface area (Å²) in [4.78, 5) is 8.59. The van der Waals surface area contributed by atoms with Crippen LogP contribution in [0, 0.1) is 6.92 Å². The van der Waals surface area contributed by atoms with Gasteiger partial charge in [-0.25, -0.2) is 9.97 Å². The van der Waals surface area contributed by atoms with E-state index >= 15 is 0 Å². The van der Waals surface area contributed by atoms with E-state index in [-0.39, 0.29) is 0 Å². The fourth-order valence-electron chi connectivity index (χ4n) is 2.23. The van der Waals surface area contributed by atoms with E-state index in [2.05, 4.69) is 37.5 Å². The molecule has 0 bridgehead atoms. The van der Waals surface area contributed by atoms with Gasteiger partial charge in [-0.2, -0.15) is 0 Å². The normalized spacial score (nSPS) is 10.9. The van der Waals surface area contributed by atoms with E-state index in [0.29, 0.717) is 0 Å². The number of nitrogens with one attached hydrogen (secondary N) is 1. The summed E-state index contributed by atoms with van der Waals surface area (Å²) in [7, 11) is 0. The zero-order valence-electron chi connectivity index (χ0n) is 12.5. The summed E-state index contributed by atoms with van der Waals surface area (Å²) < 4.78 is 4.35. The molecule has 0 aromatic carbocycles. The van der Waals surface area contributed by atoms with Crippen molar-refractivity contribution in [1.29, 1.82) is 0 Å². The van der Waals surface area contributed by atoms with Crippen LogP contribution in [0.5, 0.6) is 0 Å². The Balaban J connectivity index is 1.70. The van der Waals surface area contributed by atoms with Crippen LogP contribution >= 0.6 is 0 Å². The molecule has 1 N–H and O–H groups in total. The van der Waals surface area contributed by atoms with Gasteiger partial charge in [-0.05, 0) is 26.2 Å². The number of aryl methyl sites for hydroxylation is 3. The van der Waals surface area contributed by atoms with Crippen LogP contribution in [0.1, 0.15) is 38.3 Å². The number of anilines is 1. The van der Waals surface area contributed by atoms with E-state index in [4.69, 9.17) is 0 Å². The number of aromatic nitrogens is 4. The molecule has 5 nitrogen and oxygen atoms in total. The van der Waals surface area contributed by atoms with E-state index in [9.17, 15) is 0 Å². The Kier molecular flexibility index (Phi) is 5.65. The lowest BCUT2D eigenvalue weighted by atomic mass is 10.3. The molecule has 20 heavy (non-hydrogen) atoms. The largest absolute Gasteiger partial charge is 0.356 e. The van der Waals surface area contributed by atoms with Gasteiger partial charge in [-0.15, -0.1) is 0 Å². The summed E-state index contributed by atoms with van der Waals surface area (Å²) in [5.41, 5.74) is 1.09. The number of hydrogen-bond acceptors (Lipinski definition) is 3. The van der Waals surface area contributed by atoms with E-state index < -0.39 is 0 Å². The van der Waals surface area contributed by atoms with E-state index in [1.54, 1.807) is 0 Å². The van der Waals surface area contributed by atoms with Gasteiger partial charge >= 0.3 is 0 Å². The van der Waals surface area contributed by atoms with Crippen molar-refractivity contribution in [2.24, 2.45) is 0 Å². The molecule has 0 amide bonds. The van der Waals surface area contributed by atoms with Crippen LogP contribution in [-0.2, 0) is 13.1 Å². The quantitative estimate of drug-likeness (QED) is 0.715. The van der Waals surface area contributed by atoms with Crippen LogP contribution in [0.3, 0.4) is 0 Å². The molecule has 2 aromatic heterocycles. The topological polar surface area (TPSA) is 47.7 Å². The highest BCUT2D eigenvalue weighted by atomic mass is 15.2. The molecule has 0 aliphatic rings. The Bertz CT molecular complexity index is 486. The highest BCUT2D eigenvalue weighted by Gasteiger charge is 2.04. The van der Waals surface area contributed by atoms with Crippen LogP contribution in [0.2, 0.25) is 0 Å². The molecule has 2 rings (SSSR count). The minimum atomic E-state index is 0.970. The molecule has 5 heteroatoms. The first-order valence-electron chi connectivity index (χ1n) is 7.53. The summed E-state index contributed by atoms with van der Waals surface area (Å²) in [5, 5.41) is 3.45. The maximum atomic E-state index is 4.55. The first-order chi connectivity index (χ1) is 9.79. The van der Waals surface area contributed by atoms with Gasteiger partial charge in [0.2, 0.25) is 5.95 Å². The first kappa shape index (κ1) is 14.6. The molecule has 0 aliphatic carbocycles. The Morgan fingerprint density at radius 1 is 1.20 bits per heavy atom. The molecule has 0 atom stereocenters. The molecular formula is C15H25N5. The average molecular weight is 275 g/mol. The molecular weight excluding hydrogens is 250 g/mol. The predicted octanol–water partition coefficient (Wildman–Crippen LogP) is 3.08. The van der Waals surface area contributed by atoms with Crippen LogP contribution in [-0.4, -0.2) is 25.6 Å². The van der Waals surface area contributed by atoms with Crippen molar-refractivity contribution < 1.29 is 0 Å². The van der Waals surface area contributed by atoms with Gasteiger partial charge in [0.05, 0.1) is 12.0 Å². The van der Waals surface area contributed by atoms with E-state index in [0.717, 1.165) is 44.1 Å². The summed E-state index contributed by atoms with van der Waals surface area (Å²) in [5.74, 6) is 1.01. The molecule has 0 fully saturated rings. The highest BCUT2D eigenvalue weighted by molar-refractivity contribution is 5.28. The van der Waals surface area contributed by atoms with Crippen LogP contribution < -0.4 is 5.32 Å². The SMILES string of the molecule is CCCCn1cc(C)nc1NCCCCn1ccnc1. The monoisotopic (exact) mass is 275 g/mol. The Morgan fingerprint density at radius 3 is 2.85 bits per heavy atom. The summed E-state index contributed by atoms with van der Waals surface area (Å²) >= 11 is 0. The third-order valence-corrected chi connectivity index (χ3v) is 3.33. The van der Waals surface area contributed by atoms with Gasteiger partial charge < -0.3 is 14.5 Å². The van der Waals surface area contributed by atoms with E-state index in [1.165, 1.54) is 12.8 Å². The second kappa shape index (κ2) is 7.72. The predicted molar refractivity (Wildman–Crippen MR) is 81.8 cm³/mol. The van der Waals surface area contributed by atoms with Gasteiger partial charge in [0.25, 0.3) is 0 Å².